The van der Waals surface area contributed by atoms with E-state index < -0.39 is 32.0 Å². The second kappa shape index (κ2) is 8.87. The van der Waals surface area contributed by atoms with Crippen LogP contribution in [0.25, 0.3) is 0 Å². The van der Waals surface area contributed by atoms with E-state index in [9.17, 15) is 14.4 Å². The molecule has 0 spiro atoms. The van der Waals surface area contributed by atoms with Crippen LogP contribution < -0.4 is 0 Å². The number of carbonyl (C=O) groups excluding carboxylic acids is 3. The average Bonchev–Trinajstić information content (AvgIpc) is 2.44. The Morgan fingerprint density at radius 3 is 2.26 bits per heavy atom. The van der Waals surface area contributed by atoms with Crippen molar-refractivity contribution >= 4 is 32.3 Å². The molecule has 0 aromatic heterocycles. The first-order valence-electron chi connectivity index (χ1n) is 7.34. The summed E-state index contributed by atoms with van der Waals surface area (Å²) in [6.07, 6.45) is 0.260. The standard InChI is InChI=1S/C17H23AsO5/c1-17(2,3)23-16(21)18-14(15(20)22-4)11-13(19)10-12-8-6-5-7-9-12/h5-9,14,18H,10-11H2,1-4H3. The number of methoxy groups -OCH3 is 1. The number of esters is 1. The molecule has 0 amide bonds. The monoisotopic (exact) mass is 382 g/mol. The van der Waals surface area contributed by atoms with E-state index in [2.05, 4.69) is 0 Å². The molecule has 23 heavy (non-hydrogen) atoms. The molecule has 0 saturated heterocycles. The first-order chi connectivity index (χ1) is 10.7. The quantitative estimate of drug-likeness (QED) is 0.536. The van der Waals surface area contributed by atoms with Gasteiger partial charge in [-0.05, 0) is 0 Å². The maximum absolute atomic E-state index is 12.2. The van der Waals surface area contributed by atoms with Crippen molar-refractivity contribution in [2.24, 2.45) is 0 Å². The topological polar surface area (TPSA) is 69.7 Å². The van der Waals surface area contributed by atoms with Gasteiger partial charge in [0.05, 0.1) is 0 Å². The van der Waals surface area contributed by atoms with Crippen molar-refractivity contribution in [1.29, 1.82) is 0 Å². The summed E-state index contributed by atoms with van der Waals surface area (Å²) in [6.45, 7) is 5.31. The van der Waals surface area contributed by atoms with Gasteiger partial charge in [0, 0.05) is 0 Å². The van der Waals surface area contributed by atoms with E-state index in [4.69, 9.17) is 9.47 Å². The third-order valence-electron chi connectivity index (χ3n) is 2.85. The van der Waals surface area contributed by atoms with Crippen molar-refractivity contribution in [3.8, 4) is 0 Å². The van der Waals surface area contributed by atoms with Crippen LogP contribution in [-0.4, -0.2) is 45.0 Å². The molecule has 0 N–H and O–H groups in total. The summed E-state index contributed by atoms with van der Waals surface area (Å²) in [7, 11) is 1.26. The van der Waals surface area contributed by atoms with Crippen molar-refractivity contribution in [3.63, 3.8) is 0 Å². The molecule has 0 bridgehead atoms. The third kappa shape index (κ3) is 7.98. The molecule has 126 valence electrons. The first kappa shape index (κ1) is 19.4. The van der Waals surface area contributed by atoms with Gasteiger partial charge in [0.15, 0.2) is 0 Å². The van der Waals surface area contributed by atoms with E-state index in [0.29, 0.717) is 0 Å². The van der Waals surface area contributed by atoms with E-state index in [1.54, 1.807) is 20.8 Å². The molecule has 5 nitrogen and oxygen atoms in total. The van der Waals surface area contributed by atoms with Gasteiger partial charge < -0.3 is 0 Å². The Morgan fingerprint density at radius 2 is 1.74 bits per heavy atom. The SMILES string of the molecule is COC(=O)C(CC(=O)Cc1ccccc1)[AsH]C(=O)OC(C)(C)C. The van der Waals surface area contributed by atoms with Crippen molar-refractivity contribution in [2.45, 2.75) is 43.9 Å². The van der Waals surface area contributed by atoms with E-state index in [-0.39, 0.29) is 23.4 Å². The molecule has 0 radical (unpaired) electrons. The van der Waals surface area contributed by atoms with Crippen LogP contribution in [0.4, 0.5) is 4.79 Å². The summed E-state index contributed by atoms with van der Waals surface area (Å²) < 4.78 is 8.91. The fourth-order valence-corrected chi connectivity index (χ4v) is 4.46. The van der Waals surface area contributed by atoms with Gasteiger partial charge in [0.2, 0.25) is 0 Å². The molecular formula is C17H23AsO5. The maximum atomic E-state index is 12.2. The van der Waals surface area contributed by atoms with Crippen LogP contribution in [0.1, 0.15) is 32.8 Å². The van der Waals surface area contributed by atoms with Gasteiger partial charge in [-0.25, -0.2) is 0 Å². The first-order valence-corrected chi connectivity index (χ1v) is 9.60. The van der Waals surface area contributed by atoms with Gasteiger partial charge in [0.25, 0.3) is 0 Å². The molecule has 1 aromatic carbocycles. The minimum atomic E-state index is -1.44. The van der Waals surface area contributed by atoms with E-state index >= 15 is 0 Å². The number of ketones is 1. The number of benzene rings is 1. The molecule has 0 aliphatic carbocycles. The normalized spacial score (nSPS) is 12.9. The Morgan fingerprint density at radius 1 is 1.13 bits per heavy atom. The van der Waals surface area contributed by atoms with E-state index in [1.807, 2.05) is 30.3 Å². The Hall–Kier alpha value is -1.61. The van der Waals surface area contributed by atoms with Gasteiger partial charge in [-0.2, -0.15) is 0 Å². The summed E-state index contributed by atoms with van der Waals surface area (Å²) in [4.78, 5) is 36.0. The van der Waals surface area contributed by atoms with Crippen LogP contribution >= 0.6 is 0 Å². The Labute approximate surface area is 143 Å². The van der Waals surface area contributed by atoms with Gasteiger partial charge >= 0.3 is 143 Å². The van der Waals surface area contributed by atoms with E-state index in [0.717, 1.165) is 5.56 Å². The predicted octanol–water partition coefficient (Wildman–Crippen LogP) is 2.52. The molecule has 0 aliphatic rings. The summed E-state index contributed by atoms with van der Waals surface area (Å²) in [5.41, 5.74) is 0.286. The van der Waals surface area contributed by atoms with Gasteiger partial charge in [-0.3, -0.25) is 0 Å². The van der Waals surface area contributed by atoms with Crippen LogP contribution in [0.5, 0.6) is 0 Å². The minimum absolute atomic E-state index is 0.0147. The van der Waals surface area contributed by atoms with Gasteiger partial charge in [0.1, 0.15) is 0 Å². The molecule has 2 atom stereocenters. The van der Waals surface area contributed by atoms with Crippen LogP contribution in [0.2, 0.25) is 4.71 Å². The molecule has 1 aromatic rings. The number of carbonyl (C=O) groups is 3. The zero-order chi connectivity index (χ0) is 17.5. The molecule has 6 heteroatoms. The van der Waals surface area contributed by atoms with Crippen LogP contribution in [0.3, 0.4) is 0 Å². The molecular weight excluding hydrogens is 359 g/mol. The summed E-state index contributed by atoms with van der Waals surface area (Å²) in [5, 5.41) is 0. The summed E-state index contributed by atoms with van der Waals surface area (Å²) in [5.74, 6) is -0.601. The number of rotatable bonds is 7. The van der Waals surface area contributed by atoms with Crippen molar-refractivity contribution in [1.82, 2.24) is 0 Å². The average molecular weight is 382 g/mol. The van der Waals surface area contributed by atoms with Crippen molar-refractivity contribution in [2.75, 3.05) is 7.11 Å². The molecule has 0 fully saturated rings. The van der Waals surface area contributed by atoms with Crippen LogP contribution in [0.15, 0.2) is 30.3 Å². The predicted molar refractivity (Wildman–Crippen MR) is 88.9 cm³/mol. The fourth-order valence-electron chi connectivity index (χ4n) is 1.91. The Bertz CT molecular complexity index is 548. The van der Waals surface area contributed by atoms with Crippen molar-refractivity contribution < 1.29 is 23.9 Å². The second-order valence-electron chi connectivity index (χ2n) is 6.13. The Balaban J connectivity index is 2.66. The van der Waals surface area contributed by atoms with Gasteiger partial charge in [-0.1, -0.05) is 0 Å². The second-order valence-corrected chi connectivity index (χ2v) is 9.05. The number of hydrogen-bond acceptors (Lipinski definition) is 5. The molecule has 0 aliphatic heterocycles. The molecule has 0 heterocycles. The van der Waals surface area contributed by atoms with Crippen molar-refractivity contribution in [3.05, 3.63) is 35.9 Å². The van der Waals surface area contributed by atoms with Gasteiger partial charge in [-0.15, -0.1) is 0 Å². The molecule has 1 rings (SSSR count). The third-order valence-corrected chi connectivity index (χ3v) is 5.22. The van der Waals surface area contributed by atoms with E-state index in [1.165, 1.54) is 7.11 Å². The van der Waals surface area contributed by atoms with Crippen LogP contribution in [-0.2, 0) is 25.5 Å². The Kier molecular flexibility index (Phi) is 7.50. The number of ether oxygens (including phenoxy) is 2. The number of hydrogen-bond donors (Lipinski definition) is 0. The molecule has 2 unspecified atom stereocenters. The number of Topliss-reactive ketones (excluding diaryl/α,β-unsaturated/α-hetero) is 1. The summed E-state index contributed by atoms with van der Waals surface area (Å²) in [6, 6.07) is 9.30. The van der Waals surface area contributed by atoms with Crippen LogP contribution in [0, 0.1) is 0 Å². The molecule has 0 saturated carbocycles. The summed E-state index contributed by atoms with van der Waals surface area (Å²) >= 11 is -1.44. The zero-order valence-electron chi connectivity index (χ0n) is 13.9. The fraction of sp³-hybridized carbons (Fsp3) is 0.471. The zero-order valence-corrected chi connectivity index (χ0v) is 16.0.